The lowest BCUT2D eigenvalue weighted by atomic mass is 9.97. The van der Waals surface area contributed by atoms with Gasteiger partial charge in [0.15, 0.2) is 0 Å². The van der Waals surface area contributed by atoms with Crippen molar-refractivity contribution in [3.63, 3.8) is 0 Å². The molecule has 1 fully saturated rings. The number of hydrogen-bond donors (Lipinski definition) is 3. The molecule has 13 heteroatoms. The first kappa shape index (κ1) is 25.4. The number of piperazine rings is 1. The van der Waals surface area contributed by atoms with Gasteiger partial charge in [-0.1, -0.05) is 24.3 Å². The zero-order valence-electron chi connectivity index (χ0n) is 19.0. The minimum absolute atomic E-state index is 0.0828. The van der Waals surface area contributed by atoms with Crippen LogP contribution in [0, 0.1) is 6.92 Å². The minimum Gasteiger partial charge on any atom is -0.480 e. The number of carboxylic acid groups (broad SMARTS) is 1. The second kappa shape index (κ2) is 9.74. The van der Waals surface area contributed by atoms with Crippen molar-refractivity contribution in [2.24, 2.45) is 0 Å². The van der Waals surface area contributed by atoms with Gasteiger partial charge in [-0.05, 0) is 35.7 Å². The average molecular weight is 522 g/mol. The molecule has 190 valence electrons. The molecule has 3 aromatic rings. The van der Waals surface area contributed by atoms with Crippen LogP contribution in [0.15, 0.2) is 59.8 Å². The largest absolute Gasteiger partial charge is 0.480 e. The van der Waals surface area contributed by atoms with E-state index in [0.29, 0.717) is 30.4 Å². The van der Waals surface area contributed by atoms with Gasteiger partial charge < -0.3 is 15.3 Å². The zero-order chi connectivity index (χ0) is 26.1. The number of nitrogens with zero attached hydrogens (tertiary/aromatic N) is 3. The van der Waals surface area contributed by atoms with Gasteiger partial charge in [0.1, 0.15) is 17.7 Å². The number of carboxylic acids is 1. The number of rotatable bonds is 6. The van der Waals surface area contributed by atoms with Crippen LogP contribution >= 0.6 is 0 Å². The van der Waals surface area contributed by atoms with Crippen LogP contribution in [0.4, 0.5) is 24.8 Å². The van der Waals surface area contributed by atoms with Gasteiger partial charge >= 0.3 is 12.1 Å². The number of sulfonamides is 1. The van der Waals surface area contributed by atoms with Gasteiger partial charge in [-0.15, -0.1) is 0 Å². The predicted molar refractivity (Wildman–Crippen MR) is 126 cm³/mol. The second-order valence-electron chi connectivity index (χ2n) is 8.17. The van der Waals surface area contributed by atoms with Gasteiger partial charge in [0.05, 0.1) is 10.5 Å². The summed E-state index contributed by atoms with van der Waals surface area (Å²) >= 11 is 0. The number of benzene rings is 1. The van der Waals surface area contributed by atoms with Crippen molar-refractivity contribution >= 4 is 27.6 Å². The molecule has 4 rings (SSSR count). The quantitative estimate of drug-likeness (QED) is 0.452. The van der Waals surface area contributed by atoms with Crippen LogP contribution in [0.2, 0.25) is 0 Å². The van der Waals surface area contributed by atoms with E-state index in [4.69, 9.17) is 0 Å². The third kappa shape index (κ3) is 5.41. The smallest absolute Gasteiger partial charge is 0.418 e. The highest BCUT2D eigenvalue weighted by Crippen LogP contribution is 2.39. The molecule has 1 aliphatic rings. The Balaban J connectivity index is 1.66. The first-order chi connectivity index (χ1) is 17.0. The molecule has 0 unspecified atom stereocenters. The first-order valence-electron chi connectivity index (χ1n) is 10.8. The van der Waals surface area contributed by atoms with Gasteiger partial charge in [-0.3, -0.25) is 9.52 Å². The Morgan fingerprint density at radius 3 is 2.61 bits per heavy atom. The summed E-state index contributed by atoms with van der Waals surface area (Å²) in [5.41, 5.74) is -0.315. The summed E-state index contributed by atoms with van der Waals surface area (Å²) in [5.74, 6) is -1.07. The predicted octanol–water partition coefficient (Wildman–Crippen LogP) is 3.13. The summed E-state index contributed by atoms with van der Waals surface area (Å²) in [6.07, 6.45) is -2.83. The molecule has 9 nitrogen and oxygen atoms in total. The van der Waals surface area contributed by atoms with Crippen LogP contribution in [0.1, 0.15) is 11.1 Å². The summed E-state index contributed by atoms with van der Waals surface area (Å²) in [6, 6.07) is 9.18. The molecule has 1 atom stereocenters. The molecule has 3 N–H and O–H groups in total. The van der Waals surface area contributed by atoms with Crippen molar-refractivity contribution in [2.45, 2.75) is 24.0 Å². The lowest BCUT2D eigenvalue weighted by Crippen LogP contribution is -2.54. The Bertz CT molecular complexity index is 1400. The number of pyridine rings is 2. The van der Waals surface area contributed by atoms with Crippen molar-refractivity contribution in [2.75, 3.05) is 29.3 Å². The van der Waals surface area contributed by atoms with E-state index in [1.54, 1.807) is 30.0 Å². The maximum absolute atomic E-state index is 13.7. The summed E-state index contributed by atoms with van der Waals surface area (Å²) in [4.78, 5) is 20.6. The molecular formula is C23H22F3N5O4S. The van der Waals surface area contributed by atoms with Crippen molar-refractivity contribution in [1.82, 2.24) is 15.3 Å². The van der Waals surface area contributed by atoms with Gasteiger partial charge in [-0.25, -0.2) is 18.4 Å². The van der Waals surface area contributed by atoms with Gasteiger partial charge in [0, 0.05) is 38.1 Å². The maximum Gasteiger partial charge on any atom is 0.418 e. The summed E-state index contributed by atoms with van der Waals surface area (Å²) in [6.45, 7) is 2.52. The average Bonchev–Trinajstić information content (AvgIpc) is 2.83. The fourth-order valence-electron chi connectivity index (χ4n) is 3.89. The van der Waals surface area contributed by atoms with Gasteiger partial charge in [0.2, 0.25) is 0 Å². The maximum atomic E-state index is 13.7. The van der Waals surface area contributed by atoms with E-state index in [1.165, 1.54) is 24.4 Å². The molecule has 3 heterocycles. The number of anilines is 2. The molecular weight excluding hydrogens is 499 g/mol. The molecule has 1 saturated heterocycles. The number of halogens is 3. The van der Waals surface area contributed by atoms with Crippen molar-refractivity contribution in [1.29, 1.82) is 0 Å². The zero-order valence-corrected chi connectivity index (χ0v) is 19.8. The van der Waals surface area contributed by atoms with E-state index in [1.807, 2.05) is 0 Å². The number of aryl methyl sites for hydroxylation is 1. The van der Waals surface area contributed by atoms with E-state index in [0.717, 1.165) is 6.07 Å². The molecule has 36 heavy (non-hydrogen) atoms. The summed E-state index contributed by atoms with van der Waals surface area (Å²) in [5, 5.41) is 12.1. The fraction of sp³-hybridized carbons (Fsp3) is 0.261. The van der Waals surface area contributed by atoms with Crippen molar-refractivity contribution in [3.8, 4) is 11.1 Å². The van der Waals surface area contributed by atoms with Crippen molar-refractivity contribution in [3.05, 3.63) is 66.0 Å². The van der Waals surface area contributed by atoms with Gasteiger partial charge in [-0.2, -0.15) is 13.2 Å². The first-order valence-corrected chi connectivity index (χ1v) is 12.3. The Morgan fingerprint density at radius 1 is 1.17 bits per heavy atom. The molecule has 0 radical (unpaired) electrons. The third-order valence-corrected chi connectivity index (χ3v) is 7.06. The van der Waals surface area contributed by atoms with Crippen LogP contribution in [0.25, 0.3) is 11.1 Å². The third-order valence-electron chi connectivity index (χ3n) is 5.71. The van der Waals surface area contributed by atoms with E-state index in [9.17, 15) is 31.5 Å². The molecule has 1 aliphatic heterocycles. The lowest BCUT2D eigenvalue weighted by molar-refractivity contribution is -0.139. The van der Waals surface area contributed by atoms with E-state index in [-0.39, 0.29) is 28.6 Å². The Kier molecular flexibility index (Phi) is 6.87. The number of carbonyl (C=O) groups is 1. The highest BCUT2D eigenvalue weighted by molar-refractivity contribution is 7.92. The fourth-order valence-corrected chi connectivity index (χ4v) is 4.90. The van der Waals surface area contributed by atoms with Gasteiger partial charge in [0.25, 0.3) is 10.0 Å². The monoisotopic (exact) mass is 521 g/mol. The number of hydrogen-bond acceptors (Lipinski definition) is 7. The Labute approximate surface area is 205 Å². The molecule has 0 bridgehead atoms. The molecule has 2 aromatic heterocycles. The normalized spacial score (nSPS) is 16.6. The summed E-state index contributed by atoms with van der Waals surface area (Å²) in [7, 11) is -4.25. The van der Waals surface area contributed by atoms with Crippen molar-refractivity contribution < 1.29 is 31.5 Å². The lowest BCUT2D eigenvalue weighted by Gasteiger charge is -2.32. The Hall–Kier alpha value is -3.71. The van der Waals surface area contributed by atoms with E-state index >= 15 is 0 Å². The number of alkyl halides is 3. The highest BCUT2D eigenvalue weighted by atomic mass is 32.2. The highest BCUT2D eigenvalue weighted by Gasteiger charge is 2.35. The van der Waals surface area contributed by atoms with E-state index < -0.39 is 33.8 Å². The van der Waals surface area contributed by atoms with Crippen LogP contribution in [-0.2, 0) is 21.0 Å². The second-order valence-corrected chi connectivity index (χ2v) is 9.86. The number of aromatic nitrogens is 2. The van der Waals surface area contributed by atoms with E-state index in [2.05, 4.69) is 20.0 Å². The SMILES string of the molecule is Cc1ccccc1-c1cc(NS(=O)(=O)c2ccnc(N3CCN[C@H](C(=O)O)C3)c2)ncc1C(F)(F)F. The summed E-state index contributed by atoms with van der Waals surface area (Å²) < 4.78 is 69.4. The number of aliphatic carboxylic acids is 1. The van der Waals surface area contributed by atoms with Crippen LogP contribution in [0.3, 0.4) is 0 Å². The molecule has 0 amide bonds. The Morgan fingerprint density at radius 2 is 1.92 bits per heavy atom. The van der Waals surface area contributed by atoms with Crippen LogP contribution in [-0.4, -0.2) is 55.1 Å². The van der Waals surface area contributed by atoms with Crippen LogP contribution < -0.4 is 14.9 Å². The molecule has 0 aliphatic carbocycles. The topological polar surface area (TPSA) is 125 Å². The molecule has 0 saturated carbocycles. The molecule has 1 aromatic carbocycles. The standard InChI is InChI=1S/C23H22F3N5O4S/c1-14-4-2-3-5-16(14)17-11-20(29-12-18(17)23(24,25)26)30-36(34,35)15-6-7-28-21(10-15)31-9-8-27-19(13-31)22(32)33/h2-7,10-12,19,27H,8-9,13H2,1H3,(H,29,30)(H,32,33)/t19-/m0/s1. The van der Waals surface area contributed by atoms with Crippen LogP contribution in [0.5, 0.6) is 0 Å². The molecule has 0 spiro atoms. The minimum atomic E-state index is -4.70. The number of nitrogens with one attached hydrogen (secondary N) is 2.